The molecule has 2 heteroatoms. The molecule has 2 N–H and O–H groups in total. The van der Waals surface area contributed by atoms with Gasteiger partial charge in [-0.1, -0.05) is 13.8 Å². The van der Waals surface area contributed by atoms with E-state index in [1.165, 1.54) is 0 Å². The summed E-state index contributed by atoms with van der Waals surface area (Å²) >= 11 is 0. The van der Waals surface area contributed by atoms with Gasteiger partial charge in [0.1, 0.15) is 0 Å². The Morgan fingerprint density at radius 2 is 2.10 bits per heavy atom. The number of aliphatic imine (C=N–C) groups is 1. The monoisotopic (exact) mass is 142 g/mol. The highest BCUT2D eigenvalue weighted by Crippen LogP contribution is 2.07. The fourth-order valence-electron chi connectivity index (χ4n) is 1.05. The van der Waals surface area contributed by atoms with Crippen LogP contribution in [0.5, 0.6) is 0 Å². The number of nitrogens with zero attached hydrogens (tertiary/aromatic N) is 1. The minimum atomic E-state index is 0.573. The third kappa shape index (κ3) is 4.50. The Bertz CT molecular complexity index is 99.4. The first-order valence-corrected chi connectivity index (χ1v) is 3.83. The molecular weight excluding hydrogens is 124 g/mol. The maximum absolute atomic E-state index is 5.47. The number of nitrogens with two attached hydrogens (primary N) is 1. The predicted molar refractivity (Wildman–Crippen MR) is 46.4 cm³/mol. The first-order valence-electron chi connectivity index (χ1n) is 3.83. The van der Waals surface area contributed by atoms with Crippen molar-refractivity contribution in [2.24, 2.45) is 22.6 Å². The Labute approximate surface area is 63.5 Å². The van der Waals surface area contributed by atoms with E-state index in [1.807, 2.05) is 13.3 Å². The molecule has 0 aromatic heterocycles. The van der Waals surface area contributed by atoms with Gasteiger partial charge in [0.2, 0.25) is 0 Å². The average Bonchev–Trinajstić information content (AvgIpc) is 1.88. The summed E-state index contributed by atoms with van der Waals surface area (Å²) in [4.78, 5) is 3.96. The van der Waals surface area contributed by atoms with Gasteiger partial charge in [-0.15, -0.1) is 0 Å². The molecule has 0 saturated heterocycles. The zero-order valence-corrected chi connectivity index (χ0v) is 7.17. The topological polar surface area (TPSA) is 38.4 Å². The third-order valence-electron chi connectivity index (χ3n) is 1.58. The van der Waals surface area contributed by atoms with Gasteiger partial charge in [0, 0.05) is 13.3 Å². The van der Waals surface area contributed by atoms with Gasteiger partial charge in [-0.3, -0.25) is 0 Å². The Morgan fingerprint density at radius 3 is 2.50 bits per heavy atom. The van der Waals surface area contributed by atoms with Crippen LogP contribution in [-0.2, 0) is 0 Å². The number of hydrogen-bond donors (Lipinski definition) is 1. The van der Waals surface area contributed by atoms with Crippen LogP contribution in [0.1, 0.15) is 20.3 Å². The van der Waals surface area contributed by atoms with E-state index in [2.05, 4.69) is 18.8 Å². The second kappa shape index (κ2) is 5.42. The van der Waals surface area contributed by atoms with E-state index >= 15 is 0 Å². The lowest BCUT2D eigenvalue weighted by atomic mass is 9.99. The maximum Gasteiger partial charge on any atom is 0.0273 e. The van der Waals surface area contributed by atoms with Gasteiger partial charge in [-0.25, -0.2) is 0 Å². The van der Waals surface area contributed by atoms with E-state index in [0.717, 1.165) is 13.0 Å². The van der Waals surface area contributed by atoms with Crippen molar-refractivity contribution in [2.45, 2.75) is 20.3 Å². The van der Waals surface area contributed by atoms with Crippen molar-refractivity contribution >= 4 is 6.21 Å². The Kier molecular flexibility index (Phi) is 5.22. The molecule has 0 radical (unpaired) electrons. The minimum absolute atomic E-state index is 0.573. The van der Waals surface area contributed by atoms with E-state index < -0.39 is 0 Å². The number of rotatable bonds is 4. The van der Waals surface area contributed by atoms with Crippen molar-refractivity contribution in [2.75, 3.05) is 13.6 Å². The first kappa shape index (κ1) is 9.63. The molecule has 0 aromatic rings. The molecule has 0 aliphatic heterocycles. The lowest BCUT2D eigenvalue weighted by Crippen LogP contribution is -2.14. The van der Waals surface area contributed by atoms with Crippen LogP contribution in [0.25, 0.3) is 0 Å². The first-order chi connectivity index (χ1) is 4.70. The predicted octanol–water partition coefficient (Wildman–Crippen LogP) is 1.31. The van der Waals surface area contributed by atoms with E-state index in [4.69, 9.17) is 5.73 Å². The summed E-state index contributed by atoms with van der Waals surface area (Å²) in [5.74, 6) is 1.19. The van der Waals surface area contributed by atoms with Gasteiger partial charge in [-0.2, -0.15) is 0 Å². The van der Waals surface area contributed by atoms with Gasteiger partial charge in [-0.05, 0) is 24.8 Å². The van der Waals surface area contributed by atoms with Crippen LogP contribution >= 0.6 is 0 Å². The highest BCUT2D eigenvalue weighted by molar-refractivity contribution is 5.59. The lowest BCUT2D eigenvalue weighted by Gasteiger charge is -2.10. The highest BCUT2D eigenvalue weighted by atomic mass is 14.6. The molecule has 0 rings (SSSR count). The zero-order chi connectivity index (χ0) is 7.98. The van der Waals surface area contributed by atoms with Crippen molar-refractivity contribution in [3.05, 3.63) is 0 Å². The summed E-state index contributed by atoms with van der Waals surface area (Å²) in [6.45, 7) is 5.11. The van der Waals surface area contributed by atoms with Gasteiger partial charge in [0.15, 0.2) is 0 Å². The molecule has 0 aliphatic rings. The van der Waals surface area contributed by atoms with E-state index in [9.17, 15) is 0 Å². The fourth-order valence-corrected chi connectivity index (χ4v) is 1.05. The molecule has 0 saturated carbocycles. The Balaban J connectivity index is 3.46. The summed E-state index contributed by atoms with van der Waals surface area (Å²) in [6.07, 6.45) is 3.12. The van der Waals surface area contributed by atoms with Crippen LogP contribution in [0.15, 0.2) is 4.99 Å². The smallest absolute Gasteiger partial charge is 0.0273 e. The molecule has 2 nitrogen and oxygen atoms in total. The van der Waals surface area contributed by atoms with Crippen LogP contribution in [0, 0.1) is 11.8 Å². The SMILES string of the molecule is CN=CC(C)CC(C)CN. The molecule has 2 unspecified atom stereocenters. The number of hydrogen-bond acceptors (Lipinski definition) is 2. The van der Waals surface area contributed by atoms with Crippen molar-refractivity contribution in [3.63, 3.8) is 0 Å². The fraction of sp³-hybridized carbons (Fsp3) is 0.875. The van der Waals surface area contributed by atoms with Gasteiger partial charge in [0.25, 0.3) is 0 Å². The molecule has 0 bridgehead atoms. The standard InChI is InChI=1S/C8H18N2/c1-7(5-9)4-8(2)6-10-3/h6-8H,4-5,9H2,1-3H3. The summed E-state index contributed by atoms with van der Waals surface area (Å²) in [5, 5.41) is 0. The largest absolute Gasteiger partial charge is 0.330 e. The van der Waals surface area contributed by atoms with Crippen molar-refractivity contribution < 1.29 is 0 Å². The quantitative estimate of drug-likeness (QED) is 0.590. The molecule has 0 fully saturated rings. The van der Waals surface area contributed by atoms with Crippen molar-refractivity contribution in [1.82, 2.24) is 0 Å². The summed E-state index contributed by atoms with van der Waals surface area (Å²) in [7, 11) is 1.81. The van der Waals surface area contributed by atoms with Gasteiger partial charge < -0.3 is 10.7 Å². The summed E-state index contributed by atoms with van der Waals surface area (Å²) in [6, 6.07) is 0. The van der Waals surface area contributed by atoms with Gasteiger partial charge in [0.05, 0.1) is 0 Å². The normalized spacial score (nSPS) is 17.6. The van der Waals surface area contributed by atoms with Crippen molar-refractivity contribution in [1.29, 1.82) is 0 Å². The lowest BCUT2D eigenvalue weighted by molar-refractivity contribution is 0.495. The molecule has 0 heterocycles. The van der Waals surface area contributed by atoms with Crippen LogP contribution in [-0.4, -0.2) is 19.8 Å². The van der Waals surface area contributed by atoms with Crippen LogP contribution in [0.2, 0.25) is 0 Å². The molecule has 2 atom stereocenters. The Morgan fingerprint density at radius 1 is 1.50 bits per heavy atom. The zero-order valence-electron chi connectivity index (χ0n) is 7.17. The van der Waals surface area contributed by atoms with E-state index in [-0.39, 0.29) is 0 Å². The highest BCUT2D eigenvalue weighted by Gasteiger charge is 2.03. The minimum Gasteiger partial charge on any atom is -0.330 e. The summed E-state index contributed by atoms with van der Waals surface area (Å²) in [5.41, 5.74) is 5.47. The second-order valence-electron chi connectivity index (χ2n) is 2.96. The van der Waals surface area contributed by atoms with E-state index in [1.54, 1.807) is 0 Å². The van der Waals surface area contributed by atoms with Crippen LogP contribution in [0.3, 0.4) is 0 Å². The third-order valence-corrected chi connectivity index (χ3v) is 1.58. The molecule has 0 aromatic carbocycles. The van der Waals surface area contributed by atoms with Gasteiger partial charge >= 0.3 is 0 Å². The average molecular weight is 142 g/mol. The maximum atomic E-state index is 5.47. The van der Waals surface area contributed by atoms with Crippen molar-refractivity contribution in [3.8, 4) is 0 Å². The summed E-state index contributed by atoms with van der Waals surface area (Å²) < 4.78 is 0. The molecule has 10 heavy (non-hydrogen) atoms. The second-order valence-corrected chi connectivity index (χ2v) is 2.96. The van der Waals surface area contributed by atoms with E-state index in [0.29, 0.717) is 11.8 Å². The molecule has 0 spiro atoms. The molecule has 0 amide bonds. The van der Waals surface area contributed by atoms with Crippen LogP contribution < -0.4 is 5.73 Å². The Hall–Kier alpha value is -0.370. The van der Waals surface area contributed by atoms with Crippen LogP contribution in [0.4, 0.5) is 0 Å². The molecular formula is C8H18N2. The molecule has 0 aliphatic carbocycles. The molecule has 60 valence electrons.